The number of aromatic nitrogens is 2. The summed E-state index contributed by atoms with van der Waals surface area (Å²) in [6, 6.07) is 15.7. The van der Waals surface area contributed by atoms with Crippen molar-refractivity contribution in [2.45, 2.75) is 32.9 Å². The van der Waals surface area contributed by atoms with E-state index in [2.05, 4.69) is 46.6 Å². The van der Waals surface area contributed by atoms with E-state index in [0.29, 0.717) is 5.56 Å². The van der Waals surface area contributed by atoms with Crippen LogP contribution in [0.5, 0.6) is 0 Å². The molecule has 0 bridgehead atoms. The number of rotatable bonds is 5. The molecule has 3 heterocycles. The number of carbonyl (C=O) groups excluding carboxylic acids is 1. The molecule has 2 aromatic heterocycles. The third-order valence-corrected chi connectivity index (χ3v) is 6.23. The van der Waals surface area contributed by atoms with Crippen LogP contribution >= 0.6 is 12.2 Å². The van der Waals surface area contributed by atoms with Crippen molar-refractivity contribution in [3.05, 3.63) is 82.9 Å². The summed E-state index contributed by atoms with van der Waals surface area (Å²) in [6.45, 7) is 7.14. The summed E-state index contributed by atoms with van der Waals surface area (Å²) in [6.07, 6.45) is 1.82. The van der Waals surface area contributed by atoms with E-state index in [9.17, 15) is 4.79 Å². The number of ether oxygens (including phenoxy) is 1. The second-order valence-electron chi connectivity index (χ2n) is 7.61. The topological polar surface area (TPSA) is 59.4 Å². The second kappa shape index (κ2) is 8.51. The first-order valence-electron chi connectivity index (χ1n) is 10.3. The number of esters is 1. The maximum atomic E-state index is 11.8. The van der Waals surface area contributed by atoms with E-state index in [4.69, 9.17) is 17.0 Å². The molecule has 2 atom stereocenters. The van der Waals surface area contributed by atoms with E-state index in [1.165, 1.54) is 12.7 Å². The SMILES string of the molecule is CCN1C(=S)N[C@@H](c2ccccn2)[C@H]1c1cc(C)n(-c2ccc(C(=O)OC)cc2)c1C. The Morgan fingerprint density at radius 3 is 2.55 bits per heavy atom. The number of hydrogen-bond acceptors (Lipinski definition) is 4. The highest BCUT2D eigenvalue weighted by Gasteiger charge is 2.40. The van der Waals surface area contributed by atoms with Crippen molar-refractivity contribution >= 4 is 23.3 Å². The zero-order valence-corrected chi connectivity index (χ0v) is 18.9. The summed E-state index contributed by atoms with van der Waals surface area (Å²) in [5.74, 6) is -0.337. The van der Waals surface area contributed by atoms with Crippen molar-refractivity contribution in [2.24, 2.45) is 0 Å². The van der Waals surface area contributed by atoms with E-state index < -0.39 is 0 Å². The van der Waals surface area contributed by atoms with Crippen molar-refractivity contribution in [1.82, 2.24) is 19.8 Å². The van der Waals surface area contributed by atoms with Crippen LogP contribution in [0.4, 0.5) is 0 Å². The fourth-order valence-corrected chi connectivity index (χ4v) is 4.80. The zero-order chi connectivity index (χ0) is 22.1. The van der Waals surface area contributed by atoms with Gasteiger partial charge in [0.1, 0.15) is 0 Å². The van der Waals surface area contributed by atoms with Gasteiger partial charge in [0.25, 0.3) is 0 Å². The molecule has 1 saturated heterocycles. The van der Waals surface area contributed by atoms with E-state index >= 15 is 0 Å². The standard InChI is InChI=1S/C24H26N4O2S/c1-5-27-22(21(26-24(27)31)20-8-6-7-13-25-20)19-14-15(2)28(16(19)3)18-11-9-17(10-12-18)23(29)30-4/h6-14,21-22H,5H2,1-4H3,(H,26,31)/t21-,22+/m0/s1. The quantitative estimate of drug-likeness (QED) is 0.478. The normalized spacial score (nSPS) is 18.2. The van der Waals surface area contributed by atoms with Crippen LogP contribution in [0, 0.1) is 13.8 Å². The molecule has 1 aromatic carbocycles. The summed E-state index contributed by atoms with van der Waals surface area (Å²) in [4.78, 5) is 18.6. The van der Waals surface area contributed by atoms with Gasteiger partial charge >= 0.3 is 5.97 Å². The molecular weight excluding hydrogens is 408 g/mol. The third-order valence-electron chi connectivity index (χ3n) is 5.87. The molecule has 0 saturated carbocycles. The molecule has 1 fully saturated rings. The van der Waals surface area contributed by atoms with Gasteiger partial charge in [-0.3, -0.25) is 4.98 Å². The highest BCUT2D eigenvalue weighted by Crippen LogP contribution is 2.41. The average Bonchev–Trinajstić information content (AvgIpc) is 3.28. The molecule has 4 rings (SSSR count). The third kappa shape index (κ3) is 3.70. The number of carbonyl (C=O) groups is 1. The Balaban J connectivity index is 1.77. The molecule has 0 unspecified atom stereocenters. The Hall–Kier alpha value is -3.19. The molecule has 6 nitrogen and oxygen atoms in total. The van der Waals surface area contributed by atoms with Crippen LogP contribution < -0.4 is 5.32 Å². The molecule has 3 aromatic rings. The average molecular weight is 435 g/mol. The van der Waals surface area contributed by atoms with Gasteiger partial charge in [-0.25, -0.2) is 4.79 Å². The highest BCUT2D eigenvalue weighted by molar-refractivity contribution is 7.80. The number of hydrogen-bond donors (Lipinski definition) is 1. The van der Waals surface area contributed by atoms with Gasteiger partial charge in [-0.2, -0.15) is 0 Å². The molecule has 0 aliphatic carbocycles. The zero-order valence-electron chi connectivity index (χ0n) is 18.1. The largest absolute Gasteiger partial charge is 0.465 e. The van der Waals surface area contributed by atoms with Crippen molar-refractivity contribution in [2.75, 3.05) is 13.7 Å². The van der Waals surface area contributed by atoms with Gasteiger partial charge in [-0.1, -0.05) is 6.07 Å². The highest BCUT2D eigenvalue weighted by atomic mass is 32.1. The molecule has 0 amide bonds. The number of benzene rings is 1. The van der Waals surface area contributed by atoms with Gasteiger partial charge < -0.3 is 19.5 Å². The maximum absolute atomic E-state index is 11.8. The monoisotopic (exact) mass is 434 g/mol. The lowest BCUT2D eigenvalue weighted by Crippen LogP contribution is -2.29. The van der Waals surface area contributed by atoms with Crippen LogP contribution in [0.1, 0.15) is 52.0 Å². The van der Waals surface area contributed by atoms with Crippen LogP contribution in [-0.4, -0.2) is 39.2 Å². The number of likely N-dealkylation sites (N-methyl/N-ethyl adjacent to an activating group) is 1. The van der Waals surface area contributed by atoms with Gasteiger partial charge in [-0.05, 0) is 81.0 Å². The van der Waals surface area contributed by atoms with E-state index in [1.807, 2.05) is 36.5 Å². The first-order chi connectivity index (χ1) is 15.0. The number of methoxy groups -OCH3 is 1. The lowest BCUT2D eigenvalue weighted by atomic mass is 9.97. The first kappa shape index (κ1) is 21.1. The summed E-state index contributed by atoms with van der Waals surface area (Å²) in [5, 5.41) is 4.22. The lowest BCUT2D eigenvalue weighted by Gasteiger charge is -2.27. The van der Waals surface area contributed by atoms with Crippen LogP contribution in [0.25, 0.3) is 5.69 Å². The van der Waals surface area contributed by atoms with Gasteiger partial charge in [-0.15, -0.1) is 0 Å². The van der Waals surface area contributed by atoms with E-state index in [-0.39, 0.29) is 18.1 Å². The fourth-order valence-electron chi connectivity index (χ4n) is 4.43. The van der Waals surface area contributed by atoms with E-state index in [0.717, 1.165) is 34.4 Å². The maximum Gasteiger partial charge on any atom is 0.337 e. The minimum absolute atomic E-state index is 0.0238. The molecule has 0 radical (unpaired) electrons. The number of nitrogens with one attached hydrogen (secondary N) is 1. The van der Waals surface area contributed by atoms with Crippen molar-refractivity contribution in [3.63, 3.8) is 0 Å². The van der Waals surface area contributed by atoms with Gasteiger partial charge in [0.05, 0.1) is 30.5 Å². The van der Waals surface area contributed by atoms with Gasteiger partial charge in [0.2, 0.25) is 0 Å². The second-order valence-corrected chi connectivity index (χ2v) is 8.00. The van der Waals surface area contributed by atoms with Crippen molar-refractivity contribution in [3.8, 4) is 5.69 Å². The summed E-state index contributed by atoms with van der Waals surface area (Å²) >= 11 is 5.66. The number of nitrogens with zero attached hydrogens (tertiary/aromatic N) is 3. The smallest absolute Gasteiger partial charge is 0.337 e. The predicted octanol–water partition coefficient (Wildman–Crippen LogP) is 4.27. The molecule has 1 N–H and O–H groups in total. The van der Waals surface area contributed by atoms with Crippen molar-refractivity contribution in [1.29, 1.82) is 0 Å². The Morgan fingerprint density at radius 1 is 1.19 bits per heavy atom. The first-order valence-corrected chi connectivity index (χ1v) is 10.7. The fraction of sp³-hybridized carbons (Fsp3) is 0.292. The molecule has 1 aliphatic heterocycles. The summed E-state index contributed by atoms with van der Waals surface area (Å²) in [7, 11) is 1.39. The van der Waals surface area contributed by atoms with Crippen LogP contribution in [0.15, 0.2) is 54.7 Å². The predicted molar refractivity (Wildman–Crippen MR) is 124 cm³/mol. The molecule has 0 spiro atoms. The molecule has 7 heteroatoms. The van der Waals surface area contributed by atoms with Crippen LogP contribution in [-0.2, 0) is 4.74 Å². The number of thiocarbonyl (C=S) groups is 1. The minimum Gasteiger partial charge on any atom is -0.465 e. The lowest BCUT2D eigenvalue weighted by molar-refractivity contribution is 0.0600. The van der Waals surface area contributed by atoms with Crippen LogP contribution in [0.2, 0.25) is 0 Å². The Bertz CT molecular complexity index is 1110. The number of pyridine rings is 1. The Kier molecular flexibility index (Phi) is 5.78. The summed E-state index contributed by atoms with van der Waals surface area (Å²) in [5.41, 5.74) is 5.97. The molecule has 1 aliphatic rings. The number of aryl methyl sites for hydroxylation is 1. The van der Waals surface area contributed by atoms with Gasteiger partial charge in [0.15, 0.2) is 5.11 Å². The van der Waals surface area contributed by atoms with E-state index in [1.54, 1.807) is 12.1 Å². The molecular formula is C24H26N4O2S. The Labute approximate surface area is 187 Å². The molecule has 31 heavy (non-hydrogen) atoms. The van der Waals surface area contributed by atoms with Crippen LogP contribution in [0.3, 0.4) is 0 Å². The van der Waals surface area contributed by atoms with Gasteiger partial charge in [0, 0.05) is 29.8 Å². The Morgan fingerprint density at radius 2 is 1.94 bits per heavy atom. The minimum atomic E-state index is -0.337. The summed E-state index contributed by atoms with van der Waals surface area (Å²) < 4.78 is 7.02. The van der Waals surface area contributed by atoms with Crippen molar-refractivity contribution < 1.29 is 9.53 Å². The molecule has 160 valence electrons.